The van der Waals surface area contributed by atoms with Gasteiger partial charge >= 0.3 is 5.97 Å². The van der Waals surface area contributed by atoms with Crippen LogP contribution < -0.4 is 10.4 Å². The second kappa shape index (κ2) is 9.06. The number of benzene rings is 2. The second-order valence-electron chi connectivity index (χ2n) is 8.56. The van der Waals surface area contributed by atoms with Crippen molar-refractivity contribution in [3.63, 3.8) is 0 Å². The molecule has 150 valence electrons. The van der Waals surface area contributed by atoms with Crippen LogP contribution in [-0.4, -0.2) is 28.7 Å². The van der Waals surface area contributed by atoms with Crippen LogP contribution in [0.3, 0.4) is 0 Å². The van der Waals surface area contributed by atoms with Gasteiger partial charge in [-0.25, -0.2) is 0 Å². The van der Waals surface area contributed by atoms with Gasteiger partial charge in [0.15, 0.2) is 0 Å². The minimum absolute atomic E-state index is 0.0892. The molecule has 0 heterocycles. The Kier molecular flexibility index (Phi) is 7.24. The summed E-state index contributed by atoms with van der Waals surface area (Å²) in [5, 5.41) is 2.73. The molecule has 0 saturated heterocycles. The van der Waals surface area contributed by atoms with Gasteiger partial charge in [0.05, 0.1) is 21.1 Å². The molecular formula is C24H34O2Si2. The van der Waals surface area contributed by atoms with E-state index in [2.05, 4.69) is 106 Å². The van der Waals surface area contributed by atoms with Crippen LogP contribution in [-0.2, 0) is 9.53 Å². The standard InChI is InChI=1S/C24H34O2Si2/c1-7-19-24(27(3,4)5,20-23(25)26-8-2)28(6,21-15-11-9-12-16-21)22-17-13-10-14-18-22/h7,9-19H,8,20H2,1-6H3/b19-7+/t24-/m1/s1. The highest BCUT2D eigenvalue weighted by Crippen LogP contribution is 2.51. The molecule has 0 unspecified atom stereocenters. The van der Waals surface area contributed by atoms with Crippen LogP contribution in [0.15, 0.2) is 72.8 Å². The Morgan fingerprint density at radius 1 is 0.929 bits per heavy atom. The highest BCUT2D eigenvalue weighted by Gasteiger charge is 2.58. The van der Waals surface area contributed by atoms with E-state index < -0.39 is 16.1 Å². The van der Waals surface area contributed by atoms with Crippen molar-refractivity contribution in [2.45, 2.75) is 51.1 Å². The summed E-state index contributed by atoms with van der Waals surface area (Å²) < 4.78 is 5.27. The molecule has 0 aliphatic carbocycles. The topological polar surface area (TPSA) is 26.3 Å². The molecule has 0 aromatic heterocycles. The zero-order valence-corrected chi connectivity index (χ0v) is 20.2. The quantitative estimate of drug-likeness (QED) is 0.347. The number of allylic oxidation sites excluding steroid dienone is 2. The van der Waals surface area contributed by atoms with E-state index in [1.54, 1.807) is 0 Å². The van der Waals surface area contributed by atoms with Gasteiger partial charge in [-0.15, -0.1) is 0 Å². The zero-order chi connectivity index (χ0) is 20.8. The van der Waals surface area contributed by atoms with Crippen LogP contribution in [0.2, 0.25) is 30.8 Å². The van der Waals surface area contributed by atoms with E-state index in [1.165, 1.54) is 10.4 Å². The van der Waals surface area contributed by atoms with Gasteiger partial charge in [0.25, 0.3) is 0 Å². The first kappa shape index (κ1) is 22.4. The highest BCUT2D eigenvalue weighted by atomic mass is 28.4. The monoisotopic (exact) mass is 410 g/mol. The number of hydrogen-bond acceptors (Lipinski definition) is 2. The molecule has 0 amide bonds. The van der Waals surface area contributed by atoms with E-state index in [0.29, 0.717) is 13.0 Å². The average Bonchev–Trinajstić information content (AvgIpc) is 2.67. The third kappa shape index (κ3) is 4.08. The van der Waals surface area contributed by atoms with Crippen molar-refractivity contribution in [3.05, 3.63) is 72.8 Å². The molecule has 4 heteroatoms. The fourth-order valence-electron chi connectivity index (χ4n) is 4.62. The number of rotatable bonds is 8. The van der Waals surface area contributed by atoms with Crippen molar-refractivity contribution in [1.29, 1.82) is 0 Å². The van der Waals surface area contributed by atoms with E-state index in [9.17, 15) is 4.79 Å². The Bertz CT molecular complexity index is 755. The Hall–Kier alpha value is -1.92. The first-order valence-corrected chi connectivity index (χ1v) is 16.1. The molecule has 0 fully saturated rings. The predicted octanol–water partition coefficient (Wildman–Crippen LogP) is 5.03. The van der Waals surface area contributed by atoms with Crippen molar-refractivity contribution in [3.8, 4) is 0 Å². The zero-order valence-electron chi connectivity index (χ0n) is 18.2. The van der Waals surface area contributed by atoms with Crippen molar-refractivity contribution in [1.82, 2.24) is 0 Å². The summed E-state index contributed by atoms with van der Waals surface area (Å²) in [5.41, 5.74) is 0. The van der Waals surface area contributed by atoms with E-state index >= 15 is 0 Å². The lowest BCUT2D eigenvalue weighted by atomic mass is 10.2. The highest BCUT2D eigenvalue weighted by molar-refractivity contribution is 7.13. The van der Waals surface area contributed by atoms with Crippen molar-refractivity contribution >= 4 is 32.5 Å². The molecule has 2 aromatic carbocycles. The van der Waals surface area contributed by atoms with Gasteiger partial charge in [0.1, 0.15) is 8.07 Å². The molecule has 0 bridgehead atoms. The molecule has 2 rings (SSSR count). The third-order valence-electron chi connectivity index (χ3n) is 6.11. The van der Waals surface area contributed by atoms with E-state index in [-0.39, 0.29) is 10.6 Å². The molecule has 2 aromatic rings. The third-order valence-corrected chi connectivity index (χ3v) is 18.0. The lowest BCUT2D eigenvalue weighted by Crippen LogP contribution is -2.70. The first-order chi connectivity index (χ1) is 13.2. The van der Waals surface area contributed by atoms with Crippen LogP contribution in [0, 0.1) is 0 Å². The van der Waals surface area contributed by atoms with Gasteiger partial charge in [-0.05, 0) is 18.5 Å². The van der Waals surface area contributed by atoms with Gasteiger partial charge in [-0.2, -0.15) is 0 Å². The summed E-state index contributed by atoms with van der Waals surface area (Å²) in [6.07, 6.45) is 4.93. The minimum atomic E-state index is -2.36. The Balaban J connectivity index is 2.88. The Labute approximate surface area is 172 Å². The van der Waals surface area contributed by atoms with Crippen molar-refractivity contribution in [2.75, 3.05) is 6.61 Å². The van der Waals surface area contributed by atoms with E-state index in [0.717, 1.165) is 0 Å². The number of carbonyl (C=O) groups is 1. The molecular weight excluding hydrogens is 376 g/mol. The molecule has 0 aliphatic heterocycles. The van der Waals surface area contributed by atoms with Crippen molar-refractivity contribution in [2.24, 2.45) is 0 Å². The van der Waals surface area contributed by atoms with Gasteiger partial charge < -0.3 is 4.74 Å². The summed E-state index contributed by atoms with van der Waals surface area (Å²) in [4.78, 5) is 12.9. The van der Waals surface area contributed by atoms with Gasteiger partial charge in [-0.3, -0.25) is 4.79 Å². The predicted molar refractivity (Wildman–Crippen MR) is 126 cm³/mol. The smallest absolute Gasteiger partial charge is 0.306 e. The molecule has 0 N–H and O–H groups in total. The summed E-state index contributed by atoms with van der Waals surface area (Å²) in [6, 6.07) is 21.6. The maximum atomic E-state index is 12.9. The van der Waals surface area contributed by atoms with Crippen LogP contribution in [0.4, 0.5) is 0 Å². The number of hydrogen-bond donors (Lipinski definition) is 0. The normalized spacial score (nSPS) is 14.6. The average molecular weight is 411 g/mol. The molecule has 0 radical (unpaired) electrons. The van der Waals surface area contributed by atoms with E-state index in [1.807, 2.05) is 6.92 Å². The molecule has 0 saturated carbocycles. The first-order valence-electron chi connectivity index (χ1n) is 10.1. The number of carbonyl (C=O) groups excluding carboxylic acids is 1. The summed E-state index contributed by atoms with van der Waals surface area (Å²) >= 11 is 0. The van der Waals surface area contributed by atoms with Crippen LogP contribution in [0.25, 0.3) is 0 Å². The largest absolute Gasteiger partial charge is 0.466 e. The molecule has 28 heavy (non-hydrogen) atoms. The van der Waals surface area contributed by atoms with E-state index in [4.69, 9.17) is 4.74 Å². The SMILES string of the molecule is C/C=C/[C@@](CC(=O)OCC)([Si](C)(C)C)[Si](C)(c1ccccc1)c1ccccc1. The minimum Gasteiger partial charge on any atom is -0.466 e. The molecule has 0 spiro atoms. The van der Waals surface area contributed by atoms with Crippen LogP contribution in [0.5, 0.6) is 0 Å². The van der Waals surface area contributed by atoms with Crippen molar-refractivity contribution < 1.29 is 9.53 Å². The summed E-state index contributed by atoms with van der Waals surface area (Å²) in [7, 11) is -4.23. The number of ether oxygens (including phenoxy) is 1. The van der Waals surface area contributed by atoms with Gasteiger partial charge in [0, 0.05) is 0 Å². The molecule has 1 atom stereocenters. The Morgan fingerprint density at radius 2 is 1.39 bits per heavy atom. The fraction of sp³-hybridized carbons (Fsp3) is 0.375. The van der Waals surface area contributed by atoms with Crippen LogP contribution in [0.1, 0.15) is 20.3 Å². The van der Waals surface area contributed by atoms with Gasteiger partial charge in [-0.1, -0.05) is 109 Å². The van der Waals surface area contributed by atoms with Gasteiger partial charge in [0.2, 0.25) is 0 Å². The van der Waals surface area contributed by atoms with Crippen LogP contribution >= 0.6 is 0 Å². The Morgan fingerprint density at radius 3 is 1.75 bits per heavy atom. The summed E-state index contributed by atoms with van der Waals surface area (Å²) in [6.45, 7) is 14.0. The molecule has 2 nitrogen and oxygen atoms in total. The lowest BCUT2D eigenvalue weighted by molar-refractivity contribution is -0.143. The summed E-state index contributed by atoms with van der Waals surface area (Å²) in [5.74, 6) is -0.0892. The fourth-order valence-corrected chi connectivity index (χ4v) is 16.9. The number of esters is 1. The maximum Gasteiger partial charge on any atom is 0.306 e. The second-order valence-corrected chi connectivity index (χ2v) is 18.7. The molecule has 0 aliphatic rings. The maximum absolute atomic E-state index is 12.9. The lowest BCUT2D eigenvalue weighted by Gasteiger charge is -2.53.